The molecule has 1 amide bonds. The number of amides is 1. The molecule has 1 aliphatic heterocycles. The first-order valence-electron chi connectivity index (χ1n) is 10.2. The molecule has 1 aromatic heterocycles. The molecule has 0 atom stereocenters. The highest BCUT2D eigenvalue weighted by Gasteiger charge is 2.23. The first-order chi connectivity index (χ1) is 14.6. The lowest BCUT2D eigenvalue weighted by Gasteiger charge is -2.32. The molecule has 0 unspecified atom stereocenters. The predicted molar refractivity (Wildman–Crippen MR) is 121 cm³/mol. The van der Waals surface area contributed by atoms with Gasteiger partial charge in [0.15, 0.2) is 5.16 Å². The van der Waals surface area contributed by atoms with E-state index in [9.17, 15) is 4.79 Å². The van der Waals surface area contributed by atoms with Gasteiger partial charge in [0, 0.05) is 18.1 Å². The molecular weight excluding hydrogens is 416 g/mol. The van der Waals surface area contributed by atoms with Crippen molar-refractivity contribution in [3.63, 3.8) is 0 Å². The van der Waals surface area contributed by atoms with Crippen LogP contribution >= 0.6 is 23.4 Å². The van der Waals surface area contributed by atoms with Crippen molar-refractivity contribution in [2.24, 2.45) is 5.92 Å². The third-order valence-electron chi connectivity index (χ3n) is 5.61. The van der Waals surface area contributed by atoms with Gasteiger partial charge in [-0.05, 0) is 55.4 Å². The van der Waals surface area contributed by atoms with Crippen molar-refractivity contribution in [2.45, 2.75) is 31.3 Å². The molecule has 0 saturated carbocycles. The minimum absolute atomic E-state index is 0.162. The summed E-state index contributed by atoms with van der Waals surface area (Å²) in [6.45, 7) is 3.63. The lowest BCUT2D eigenvalue weighted by molar-refractivity contribution is -0.129. The van der Waals surface area contributed by atoms with Gasteiger partial charge in [-0.25, -0.2) is 0 Å². The minimum atomic E-state index is 0.162. The van der Waals surface area contributed by atoms with Crippen LogP contribution in [0, 0.1) is 12.8 Å². The molecule has 4 rings (SSSR count). The fourth-order valence-corrected chi connectivity index (χ4v) is 4.79. The van der Waals surface area contributed by atoms with Gasteiger partial charge < -0.3 is 4.90 Å². The molecular formula is C23H25ClN4OS. The Bertz CT molecular complexity index is 999. The highest BCUT2D eigenvalue weighted by molar-refractivity contribution is 7.99. The number of halogens is 1. The van der Waals surface area contributed by atoms with Gasteiger partial charge in [-0.1, -0.05) is 59.8 Å². The number of carbonyl (C=O) groups is 1. The Hall–Kier alpha value is -2.31. The van der Waals surface area contributed by atoms with Crippen molar-refractivity contribution < 1.29 is 4.79 Å². The highest BCUT2D eigenvalue weighted by atomic mass is 35.5. The second-order valence-corrected chi connectivity index (χ2v) is 9.07. The van der Waals surface area contributed by atoms with E-state index in [0.717, 1.165) is 43.6 Å². The van der Waals surface area contributed by atoms with Crippen molar-refractivity contribution in [3.8, 4) is 5.69 Å². The molecule has 0 spiro atoms. The Morgan fingerprint density at radius 2 is 1.93 bits per heavy atom. The average Bonchev–Trinajstić information content (AvgIpc) is 3.24. The van der Waals surface area contributed by atoms with E-state index in [4.69, 9.17) is 11.6 Å². The molecule has 1 aliphatic rings. The number of rotatable bonds is 6. The van der Waals surface area contributed by atoms with Crippen molar-refractivity contribution in [1.82, 2.24) is 19.7 Å². The standard InChI is InChI=1S/C23H25ClN4OS/c1-17-7-8-20(14-21(17)24)28-16-25-26-23(28)30-15-22(29)27-11-9-19(10-12-27)13-18-5-3-2-4-6-18/h2-8,14,16,19H,9-13,15H2,1H3. The predicted octanol–water partition coefficient (Wildman–Crippen LogP) is 4.80. The van der Waals surface area contributed by atoms with Crippen LogP contribution in [-0.2, 0) is 11.2 Å². The summed E-state index contributed by atoms with van der Waals surface area (Å²) >= 11 is 7.67. The molecule has 30 heavy (non-hydrogen) atoms. The number of likely N-dealkylation sites (tertiary alicyclic amines) is 1. The van der Waals surface area contributed by atoms with Crippen molar-refractivity contribution in [3.05, 3.63) is 71.0 Å². The monoisotopic (exact) mass is 440 g/mol. The number of aromatic nitrogens is 3. The van der Waals surface area contributed by atoms with E-state index in [1.165, 1.54) is 17.3 Å². The highest BCUT2D eigenvalue weighted by Crippen LogP contribution is 2.25. The largest absolute Gasteiger partial charge is 0.342 e. The van der Waals surface area contributed by atoms with Crippen LogP contribution in [0.15, 0.2) is 60.0 Å². The fourth-order valence-electron chi connectivity index (χ4n) is 3.78. The first-order valence-corrected chi connectivity index (χ1v) is 11.6. The third-order valence-corrected chi connectivity index (χ3v) is 6.94. The van der Waals surface area contributed by atoms with Gasteiger partial charge in [0.05, 0.1) is 11.4 Å². The number of benzene rings is 2. The molecule has 2 heterocycles. The van der Waals surface area contributed by atoms with Gasteiger partial charge in [0.1, 0.15) is 6.33 Å². The van der Waals surface area contributed by atoms with E-state index in [1.807, 2.05) is 34.6 Å². The van der Waals surface area contributed by atoms with Crippen LogP contribution in [-0.4, -0.2) is 44.4 Å². The number of piperidine rings is 1. The van der Waals surface area contributed by atoms with E-state index >= 15 is 0 Å². The van der Waals surface area contributed by atoms with E-state index in [-0.39, 0.29) is 5.91 Å². The van der Waals surface area contributed by atoms with Crippen LogP contribution in [0.4, 0.5) is 0 Å². The van der Waals surface area contributed by atoms with Gasteiger partial charge in [0.2, 0.25) is 5.91 Å². The summed E-state index contributed by atoms with van der Waals surface area (Å²) in [5.74, 6) is 1.18. The average molecular weight is 441 g/mol. The number of nitrogens with zero attached hydrogens (tertiary/aromatic N) is 4. The van der Waals surface area contributed by atoms with E-state index in [0.29, 0.717) is 21.8 Å². The van der Waals surface area contributed by atoms with Crippen molar-refractivity contribution >= 4 is 29.3 Å². The maximum Gasteiger partial charge on any atom is 0.233 e. The minimum Gasteiger partial charge on any atom is -0.342 e. The summed E-state index contributed by atoms with van der Waals surface area (Å²) in [4.78, 5) is 14.7. The molecule has 5 nitrogen and oxygen atoms in total. The van der Waals surface area contributed by atoms with E-state index in [1.54, 1.807) is 6.33 Å². The fraction of sp³-hybridized carbons (Fsp3) is 0.348. The smallest absolute Gasteiger partial charge is 0.233 e. The van der Waals surface area contributed by atoms with E-state index in [2.05, 4.69) is 40.5 Å². The molecule has 3 aromatic rings. The van der Waals surface area contributed by atoms with Gasteiger partial charge in [-0.2, -0.15) is 0 Å². The van der Waals surface area contributed by atoms with Crippen LogP contribution in [0.3, 0.4) is 0 Å². The number of aryl methyl sites for hydroxylation is 1. The molecule has 1 fully saturated rings. The summed E-state index contributed by atoms with van der Waals surface area (Å²) in [6.07, 6.45) is 4.87. The lowest BCUT2D eigenvalue weighted by atomic mass is 9.90. The van der Waals surface area contributed by atoms with Crippen molar-refractivity contribution in [1.29, 1.82) is 0 Å². The quantitative estimate of drug-likeness (QED) is 0.516. The zero-order valence-corrected chi connectivity index (χ0v) is 18.6. The van der Waals surface area contributed by atoms with Gasteiger partial charge >= 0.3 is 0 Å². The summed E-state index contributed by atoms with van der Waals surface area (Å²) in [7, 11) is 0. The summed E-state index contributed by atoms with van der Waals surface area (Å²) < 4.78 is 1.87. The molecule has 0 radical (unpaired) electrons. The Kier molecular flexibility index (Phi) is 6.75. The van der Waals surface area contributed by atoms with E-state index < -0.39 is 0 Å². The Balaban J connectivity index is 1.30. The summed E-state index contributed by atoms with van der Waals surface area (Å²) in [5.41, 5.74) is 3.30. The Morgan fingerprint density at radius 1 is 1.17 bits per heavy atom. The number of thioether (sulfide) groups is 1. The lowest BCUT2D eigenvalue weighted by Crippen LogP contribution is -2.39. The SMILES string of the molecule is Cc1ccc(-n2cnnc2SCC(=O)N2CCC(Cc3ccccc3)CC2)cc1Cl. The number of hydrogen-bond donors (Lipinski definition) is 0. The van der Waals surface area contributed by atoms with Crippen LogP contribution < -0.4 is 0 Å². The molecule has 0 aliphatic carbocycles. The van der Waals surface area contributed by atoms with Crippen LogP contribution in [0.1, 0.15) is 24.0 Å². The topological polar surface area (TPSA) is 51.0 Å². The number of hydrogen-bond acceptors (Lipinski definition) is 4. The third kappa shape index (κ3) is 5.05. The zero-order valence-electron chi connectivity index (χ0n) is 17.0. The molecule has 0 bridgehead atoms. The summed E-state index contributed by atoms with van der Waals surface area (Å²) in [5, 5.41) is 9.59. The number of carbonyl (C=O) groups excluding carboxylic acids is 1. The Labute approximate surface area is 186 Å². The molecule has 2 aromatic carbocycles. The molecule has 7 heteroatoms. The second-order valence-electron chi connectivity index (χ2n) is 7.72. The second kappa shape index (κ2) is 9.67. The van der Waals surface area contributed by atoms with Crippen LogP contribution in [0.5, 0.6) is 0 Å². The maximum absolute atomic E-state index is 12.7. The summed E-state index contributed by atoms with van der Waals surface area (Å²) in [6, 6.07) is 16.4. The maximum atomic E-state index is 12.7. The van der Waals surface area contributed by atoms with Gasteiger partial charge in [-0.15, -0.1) is 10.2 Å². The molecule has 156 valence electrons. The molecule has 0 N–H and O–H groups in total. The Morgan fingerprint density at radius 3 is 2.67 bits per heavy atom. The zero-order chi connectivity index (χ0) is 20.9. The van der Waals surface area contributed by atoms with Crippen LogP contribution in [0.2, 0.25) is 5.02 Å². The molecule has 1 saturated heterocycles. The van der Waals surface area contributed by atoms with Crippen molar-refractivity contribution in [2.75, 3.05) is 18.8 Å². The first kappa shape index (κ1) is 20.9. The van der Waals surface area contributed by atoms with Crippen LogP contribution in [0.25, 0.3) is 5.69 Å². The van der Waals surface area contributed by atoms with Gasteiger partial charge in [0.25, 0.3) is 0 Å². The van der Waals surface area contributed by atoms with Gasteiger partial charge in [-0.3, -0.25) is 9.36 Å². The normalized spacial score (nSPS) is 14.8.